The Morgan fingerprint density at radius 1 is 1.29 bits per heavy atom. The third-order valence-corrected chi connectivity index (χ3v) is 3.67. The van der Waals surface area contributed by atoms with Gasteiger partial charge in [0.1, 0.15) is 0 Å². The van der Waals surface area contributed by atoms with Gasteiger partial charge in [-0.2, -0.15) is 0 Å². The van der Waals surface area contributed by atoms with Crippen molar-refractivity contribution >= 4 is 40.8 Å². The van der Waals surface area contributed by atoms with E-state index in [-0.39, 0.29) is 24.0 Å². The highest BCUT2D eigenvalue weighted by Gasteiger charge is 2.31. The predicted molar refractivity (Wildman–Crippen MR) is 83.9 cm³/mol. The van der Waals surface area contributed by atoms with Gasteiger partial charge in [-0.05, 0) is 32.0 Å². The minimum Gasteiger partial charge on any atom is -0.338 e. The summed E-state index contributed by atoms with van der Waals surface area (Å²) >= 11 is 11.7. The van der Waals surface area contributed by atoms with Gasteiger partial charge in [-0.25, -0.2) is 4.79 Å². The molecule has 0 aliphatic carbocycles. The van der Waals surface area contributed by atoms with Crippen LogP contribution < -0.4 is 10.6 Å². The van der Waals surface area contributed by atoms with Crippen molar-refractivity contribution in [3.05, 3.63) is 28.2 Å². The molecule has 1 fully saturated rings. The number of hydrogen-bond acceptors (Lipinski definition) is 2. The molecule has 1 saturated heterocycles. The van der Waals surface area contributed by atoms with Crippen LogP contribution in [0.25, 0.3) is 0 Å². The molecule has 0 saturated carbocycles. The number of likely N-dealkylation sites (tertiary alicyclic amines) is 1. The summed E-state index contributed by atoms with van der Waals surface area (Å²) in [4.78, 5) is 25.5. The van der Waals surface area contributed by atoms with Crippen molar-refractivity contribution in [3.8, 4) is 0 Å². The number of nitrogens with one attached hydrogen (secondary N) is 2. The minimum absolute atomic E-state index is 0.0566. The Morgan fingerprint density at radius 3 is 2.43 bits per heavy atom. The second-order valence-electron chi connectivity index (χ2n) is 5.30. The van der Waals surface area contributed by atoms with Crippen LogP contribution >= 0.6 is 23.2 Å². The van der Waals surface area contributed by atoms with E-state index in [1.807, 2.05) is 13.8 Å². The van der Waals surface area contributed by atoms with Gasteiger partial charge in [0.25, 0.3) is 0 Å². The highest BCUT2D eigenvalue weighted by molar-refractivity contribution is 6.35. The van der Waals surface area contributed by atoms with Crippen LogP contribution in [0.4, 0.5) is 10.5 Å². The Kier molecular flexibility index (Phi) is 4.96. The molecular weight excluding hydrogens is 313 g/mol. The van der Waals surface area contributed by atoms with Gasteiger partial charge in [-0.15, -0.1) is 0 Å². The number of urea groups is 1. The first kappa shape index (κ1) is 15.9. The zero-order chi connectivity index (χ0) is 15.6. The number of nitrogens with zero attached hydrogens (tertiary/aromatic N) is 1. The summed E-state index contributed by atoms with van der Waals surface area (Å²) < 4.78 is 0. The molecular formula is C14H17Cl2N3O2. The summed E-state index contributed by atoms with van der Waals surface area (Å²) in [6, 6.07) is 4.37. The van der Waals surface area contributed by atoms with Crippen molar-refractivity contribution in [2.45, 2.75) is 32.4 Å². The van der Waals surface area contributed by atoms with Gasteiger partial charge in [0.2, 0.25) is 5.91 Å². The Bertz CT molecular complexity index is 543. The van der Waals surface area contributed by atoms with Crippen molar-refractivity contribution in [1.82, 2.24) is 10.2 Å². The summed E-state index contributed by atoms with van der Waals surface area (Å²) in [5.74, 6) is 0.0566. The predicted octanol–water partition coefficient (Wildman–Crippen LogP) is 3.12. The minimum atomic E-state index is -0.378. The molecule has 3 amide bonds. The Hall–Kier alpha value is -1.46. The molecule has 0 radical (unpaired) electrons. The fourth-order valence-corrected chi connectivity index (χ4v) is 2.83. The second kappa shape index (κ2) is 6.54. The molecule has 1 aromatic carbocycles. The third kappa shape index (κ3) is 4.25. The highest BCUT2D eigenvalue weighted by Crippen LogP contribution is 2.22. The largest absolute Gasteiger partial charge is 0.338 e. The molecule has 21 heavy (non-hydrogen) atoms. The molecule has 2 rings (SSSR count). The molecule has 1 unspecified atom stereocenters. The molecule has 2 N–H and O–H groups in total. The lowest BCUT2D eigenvalue weighted by Gasteiger charge is -2.21. The molecule has 7 heteroatoms. The van der Waals surface area contributed by atoms with Gasteiger partial charge >= 0.3 is 6.03 Å². The number of benzene rings is 1. The number of rotatable bonds is 3. The summed E-state index contributed by atoms with van der Waals surface area (Å²) in [6.45, 7) is 4.43. The van der Waals surface area contributed by atoms with Gasteiger partial charge in [0.05, 0.1) is 6.04 Å². The van der Waals surface area contributed by atoms with Crippen molar-refractivity contribution in [2.24, 2.45) is 0 Å². The molecule has 1 heterocycles. The van der Waals surface area contributed by atoms with E-state index in [9.17, 15) is 9.59 Å². The fourth-order valence-electron chi connectivity index (χ4n) is 2.31. The van der Waals surface area contributed by atoms with Gasteiger partial charge in [0, 0.05) is 34.7 Å². The first-order valence-electron chi connectivity index (χ1n) is 6.68. The van der Waals surface area contributed by atoms with Crippen molar-refractivity contribution in [2.75, 3.05) is 11.9 Å². The third-order valence-electron chi connectivity index (χ3n) is 3.24. The Labute approximate surface area is 133 Å². The van der Waals surface area contributed by atoms with Gasteiger partial charge in [-0.1, -0.05) is 23.2 Å². The van der Waals surface area contributed by atoms with Crippen LogP contribution in [0, 0.1) is 0 Å². The summed E-state index contributed by atoms with van der Waals surface area (Å²) in [5.41, 5.74) is 0.509. The average molecular weight is 330 g/mol. The molecule has 1 atom stereocenters. The van der Waals surface area contributed by atoms with Crippen molar-refractivity contribution in [1.29, 1.82) is 0 Å². The van der Waals surface area contributed by atoms with Gasteiger partial charge < -0.3 is 15.5 Å². The lowest BCUT2D eigenvalue weighted by molar-refractivity contribution is -0.129. The van der Waals surface area contributed by atoms with E-state index in [0.29, 0.717) is 28.7 Å². The van der Waals surface area contributed by atoms with Crippen LogP contribution in [0.3, 0.4) is 0 Å². The second-order valence-corrected chi connectivity index (χ2v) is 6.17. The molecule has 0 aromatic heterocycles. The molecule has 1 aliphatic rings. The number of anilines is 1. The Morgan fingerprint density at radius 2 is 1.90 bits per heavy atom. The number of carbonyl (C=O) groups excluding carboxylic acids is 2. The maximum absolute atomic E-state index is 11.9. The Balaban J connectivity index is 1.92. The van der Waals surface area contributed by atoms with E-state index in [1.165, 1.54) is 0 Å². The number of hydrogen-bond donors (Lipinski definition) is 2. The zero-order valence-electron chi connectivity index (χ0n) is 11.8. The molecule has 1 aliphatic heterocycles. The van der Waals surface area contributed by atoms with Crippen molar-refractivity contribution in [3.63, 3.8) is 0 Å². The van der Waals surface area contributed by atoms with Crippen LogP contribution in [0.1, 0.15) is 20.3 Å². The lowest BCUT2D eigenvalue weighted by atomic mass is 10.2. The standard InChI is InChI=1S/C14H17Cl2N3O2/c1-8(2)19-7-12(6-13(19)20)18-14(21)17-11-4-9(15)3-10(16)5-11/h3-5,8,12H,6-7H2,1-2H3,(H2,17,18,21). The summed E-state index contributed by atoms with van der Waals surface area (Å²) in [7, 11) is 0. The van der Waals surface area contributed by atoms with E-state index >= 15 is 0 Å². The summed E-state index contributed by atoms with van der Waals surface area (Å²) in [5, 5.41) is 6.33. The average Bonchev–Trinajstić information content (AvgIpc) is 2.68. The lowest BCUT2D eigenvalue weighted by Crippen LogP contribution is -2.40. The smallest absolute Gasteiger partial charge is 0.319 e. The number of halogens is 2. The SMILES string of the molecule is CC(C)N1CC(NC(=O)Nc2cc(Cl)cc(Cl)c2)CC1=O. The van der Waals surface area contributed by atoms with Crippen LogP contribution in [0.5, 0.6) is 0 Å². The quantitative estimate of drug-likeness (QED) is 0.894. The molecule has 0 spiro atoms. The van der Waals surface area contributed by atoms with Crippen LogP contribution in [-0.4, -0.2) is 35.5 Å². The van der Waals surface area contributed by atoms with Gasteiger partial charge in [0.15, 0.2) is 0 Å². The summed E-state index contributed by atoms with van der Waals surface area (Å²) in [6.07, 6.45) is 0.321. The van der Waals surface area contributed by atoms with Crippen LogP contribution in [-0.2, 0) is 4.79 Å². The van der Waals surface area contributed by atoms with Crippen LogP contribution in [0.2, 0.25) is 10.0 Å². The monoisotopic (exact) mass is 329 g/mol. The number of amides is 3. The highest BCUT2D eigenvalue weighted by atomic mass is 35.5. The normalized spacial score (nSPS) is 18.2. The first-order chi connectivity index (χ1) is 9.85. The van der Waals surface area contributed by atoms with E-state index in [4.69, 9.17) is 23.2 Å². The molecule has 0 bridgehead atoms. The topological polar surface area (TPSA) is 61.4 Å². The fraction of sp³-hybridized carbons (Fsp3) is 0.429. The number of carbonyl (C=O) groups is 2. The molecule has 1 aromatic rings. The van der Waals surface area contributed by atoms with E-state index in [0.717, 1.165) is 0 Å². The first-order valence-corrected chi connectivity index (χ1v) is 7.44. The maximum Gasteiger partial charge on any atom is 0.319 e. The van der Waals surface area contributed by atoms with Crippen molar-refractivity contribution < 1.29 is 9.59 Å². The van der Waals surface area contributed by atoms with Gasteiger partial charge in [-0.3, -0.25) is 4.79 Å². The van der Waals surface area contributed by atoms with E-state index in [1.54, 1.807) is 23.1 Å². The van der Waals surface area contributed by atoms with E-state index in [2.05, 4.69) is 10.6 Å². The van der Waals surface area contributed by atoms with Crippen LogP contribution in [0.15, 0.2) is 18.2 Å². The maximum atomic E-state index is 11.9. The molecule has 114 valence electrons. The molecule has 5 nitrogen and oxygen atoms in total. The van der Waals surface area contributed by atoms with E-state index < -0.39 is 0 Å². The zero-order valence-corrected chi connectivity index (χ0v) is 13.3.